The molecule has 0 saturated heterocycles. The smallest absolute Gasteiger partial charge is 0.132 e. The first-order chi connectivity index (χ1) is 7.68. The van der Waals surface area contributed by atoms with Gasteiger partial charge in [-0.25, -0.2) is 9.97 Å². The van der Waals surface area contributed by atoms with Gasteiger partial charge in [0.05, 0.1) is 0 Å². The average Bonchev–Trinajstić information content (AvgIpc) is 2.73. The van der Waals surface area contributed by atoms with Gasteiger partial charge in [-0.05, 0) is 26.2 Å². The Morgan fingerprint density at radius 3 is 3.06 bits per heavy atom. The van der Waals surface area contributed by atoms with E-state index in [2.05, 4.69) is 15.3 Å². The minimum atomic E-state index is -0.788. The van der Waals surface area contributed by atoms with Crippen LogP contribution in [0.4, 0.5) is 5.82 Å². The molecule has 1 aromatic rings. The first kappa shape index (κ1) is 11.5. The third kappa shape index (κ3) is 2.40. The minimum absolute atomic E-state index is 0.145. The fraction of sp³-hybridized carbons (Fsp3) is 0.636. The highest BCUT2D eigenvalue weighted by atomic mass is 32.2. The van der Waals surface area contributed by atoms with Crippen LogP contribution >= 0.6 is 0 Å². The number of hydrogen-bond donors (Lipinski definition) is 1. The number of hydrogen-bond acceptors (Lipinski definition) is 4. The van der Waals surface area contributed by atoms with Gasteiger partial charge in [0.25, 0.3) is 0 Å². The van der Waals surface area contributed by atoms with Crippen molar-refractivity contribution in [1.29, 1.82) is 0 Å². The summed E-state index contributed by atoms with van der Waals surface area (Å²) in [7, 11) is -0.788. The van der Waals surface area contributed by atoms with Gasteiger partial charge in [-0.2, -0.15) is 0 Å². The molecule has 4 nitrogen and oxygen atoms in total. The lowest BCUT2D eigenvalue weighted by Gasteiger charge is -2.12. The van der Waals surface area contributed by atoms with Crippen molar-refractivity contribution in [2.24, 2.45) is 0 Å². The van der Waals surface area contributed by atoms with Gasteiger partial charge in [-0.15, -0.1) is 0 Å². The quantitative estimate of drug-likeness (QED) is 0.856. The first-order valence-electron chi connectivity index (χ1n) is 5.57. The Labute approximate surface area is 98.3 Å². The number of aromatic nitrogens is 2. The molecule has 2 atom stereocenters. The number of nitrogens with zero attached hydrogens (tertiary/aromatic N) is 2. The summed E-state index contributed by atoms with van der Waals surface area (Å²) in [6, 6.07) is 0. The molecule has 0 fully saturated rings. The third-order valence-electron chi connectivity index (χ3n) is 3.00. The van der Waals surface area contributed by atoms with E-state index in [0.717, 1.165) is 25.1 Å². The van der Waals surface area contributed by atoms with Crippen LogP contribution in [0.25, 0.3) is 0 Å². The molecule has 88 valence electrons. The Balaban J connectivity index is 2.05. The summed E-state index contributed by atoms with van der Waals surface area (Å²) < 4.78 is 11.2. The molecular weight excluding hydrogens is 222 g/mol. The van der Waals surface area contributed by atoms with Crippen LogP contribution in [0.1, 0.15) is 24.6 Å². The standard InChI is InChI=1S/C11H17N3OS/c1-8(16(2)15)6-12-11-9-4-3-5-10(9)13-7-14-11/h7-8H,3-6H2,1-2H3,(H,12,13,14). The number of nitrogens with one attached hydrogen (secondary N) is 1. The third-order valence-corrected chi connectivity index (χ3v) is 4.30. The summed E-state index contributed by atoms with van der Waals surface area (Å²) >= 11 is 0. The maximum Gasteiger partial charge on any atom is 0.132 e. The van der Waals surface area contributed by atoms with Crippen LogP contribution in [0.15, 0.2) is 6.33 Å². The largest absolute Gasteiger partial charge is 0.369 e. The lowest BCUT2D eigenvalue weighted by molar-refractivity contribution is 0.678. The van der Waals surface area contributed by atoms with Crippen molar-refractivity contribution in [2.75, 3.05) is 18.1 Å². The predicted molar refractivity (Wildman–Crippen MR) is 66.1 cm³/mol. The highest BCUT2D eigenvalue weighted by Crippen LogP contribution is 2.24. The molecule has 0 spiro atoms. The fourth-order valence-corrected chi connectivity index (χ4v) is 2.19. The molecule has 1 N–H and O–H groups in total. The van der Waals surface area contributed by atoms with E-state index in [9.17, 15) is 4.21 Å². The van der Waals surface area contributed by atoms with E-state index in [1.165, 1.54) is 11.3 Å². The zero-order valence-corrected chi connectivity index (χ0v) is 10.5. The van der Waals surface area contributed by atoms with Gasteiger partial charge in [0.2, 0.25) is 0 Å². The summed E-state index contributed by atoms with van der Waals surface area (Å²) in [4.78, 5) is 8.53. The molecule has 0 radical (unpaired) electrons. The monoisotopic (exact) mass is 239 g/mol. The van der Waals surface area contributed by atoms with Gasteiger partial charge in [0, 0.05) is 40.1 Å². The van der Waals surface area contributed by atoms with Crippen LogP contribution in [0.3, 0.4) is 0 Å². The Morgan fingerprint density at radius 1 is 1.50 bits per heavy atom. The molecule has 1 aliphatic carbocycles. The number of rotatable bonds is 4. The first-order valence-corrected chi connectivity index (χ1v) is 7.19. The highest BCUT2D eigenvalue weighted by Gasteiger charge is 2.17. The van der Waals surface area contributed by atoms with Crippen LogP contribution < -0.4 is 5.32 Å². The van der Waals surface area contributed by atoms with E-state index in [-0.39, 0.29) is 5.25 Å². The van der Waals surface area contributed by atoms with Crippen molar-refractivity contribution in [2.45, 2.75) is 31.4 Å². The molecule has 0 aromatic carbocycles. The van der Waals surface area contributed by atoms with Crippen LogP contribution in [0.2, 0.25) is 0 Å². The molecule has 5 heteroatoms. The SMILES string of the molecule is CC(CNc1ncnc2c1CCC2)S(C)=O. The van der Waals surface area contributed by atoms with E-state index < -0.39 is 10.8 Å². The molecule has 1 aliphatic rings. The zero-order valence-electron chi connectivity index (χ0n) is 9.69. The molecule has 16 heavy (non-hydrogen) atoms. The van der Waals surface area contributed by atoms with Gasteiger partial charge in [0.1, 0.15) is 12.1 Å². The fourth-order valence-electron chi connectivity index (χ4n) is 1.87. The van der Waals surface area contributed by atoms with Crippen molar-refractivity contribution < 1.29 is 4.21 Å². The van der Waals surface area contributed by atoms with Crippen molar-refractivity contribution in [3.05, 3.63) is 17.6 Å². The molecule has 0 bridgehead atoms. The molecule has 0 amide bonds. The molecular formula is C11H17N3OS. The number of fused-ring (bicyclic) bond motifs is 1. The normalized spacial score (nSPS) is 17.9. The summed E-state index contributed by atoms with van der Waals surface area (Å²) in [5.74, 6) is 0.930. The zero-order chi connectivity index (χ0) is 11.5. The van der Waals surface area contributed by atoms with Crippen LogP contribution in [0.5, 0.6) is 0 Å². The Morgan fingerprint density at radius 2 is 2.31 bits per heavy atom. The van der Waals surface area contributed by atoms with Crippen molar-refractivity contribution in [3.8, 4) is 0 Å². The maximum absolute atomic E-state index is 11.2. The molecule has 2 unspecified atom stereocenters. The molecule has 0 aliphatic heterocycles. The second-order valence-electron chi connectivity index (χ2n) is 4.19. The minimum Gasteiger partial charge on any atom is -0.369 e. The van der Waals surface area contributed by atoms with Crippen molar-refractivity contribution in [1.82, 2.24) is 9.97 Å². The maximum atomic E-state index is 11.2. The second kappa shape index (κ2) is 4.91. The molecule has 1 aromatic heterocycles. The summed E-state index contributed by atoms with van der Waals surface area (Å²) in [5.41, 5.74) is 2.42. The van der Waals surface area contributed by atoms with Crippen LogP contribution in [-0.4, -0.2) is 32.2 Å². The predicted octanol–water partition coefficient (Wildman–Crippen LogP) is 1.14. The van der Waals surface area contributed by atoms with Gasteiger partial charge >= 0.3 is 0 Å². The van der Waals surface area contributed by atoms with E-state index in [1.54, 1.807) is 12.6 Å². The average molecular weight is 239 g/mol. The van der Waals surface area contributed by atoms with E-state index in [1.807, 2.05) is 6.92 Å². The van der Waals surface area contributed by atoms with Crippen LogP contribution in [-0.2, 0) is 23.6 Å². The van der Waals surface area contributed by atoms with Crippen LogP contribution in [0, 0.1) is 0 Å². The summed E-state index contributed by atoms with van der Waals surface area (Å²) in [6.45, 7) is 2.68. The van der Waals surface area contributed by atoms with Gasteiger partial charge in [0.15, 0.2) is 0 Å². The summed E-state index contributed by atoms with van der Waals surface area (Å²) in [6.07, 6.45) is 6.62. The van der Waals surface area contributed by atoms with E-state index >= 15 is 0 Å². The summed E-state index contributed by atoms with van der Waals surface area (Å²) in [5, 5.41) is 3.43. The van der Waals surface area contributed by atoms with Gasteiger partial charge in [-0.1, -0.05) is 0 Å². The van der Waals surface area contributed by atoms with Gasteiger partial charge in [-0.3, -0.25) is 4.21 Å². The number of anilines is 1. The Hall–Kier alpha value is -0.970. The number of aryl methyl sites for hydroxylation is 1. The van der Waals surface area contributed by atoms with Crippen molar-refractivity contribution in [3.63, 3.8) is 0 Å². The Kier molecular flexibility index (Phi) is 3.53. The second-order valence-corrected chi connectivity index (χ2v) is 5.99. The van der Waals surface area contributed by atoms with Gasteiger partial charge < -0.3 is 5.32 Å². The van der Waals surface area contributed by atoms with E-state index in [0.29, 0.717) is 6.54 Å². The lowest BCUT2D eigenvalue weighted by atomic mass is 10.2. The molecule has 2 rings (SSSR count). The topological polar surface area (TPSA) is 54.9 Å². The van der Waals surface area contributed by atoms with E-state index in [4.69, 9.17) is 0 Å². The van der Waals surface area contributed by atoms with Crippen molar-refractivity contribution >= 4 is 16.6 Å². The lowest BCUT2D eigenvalue weighted by Crippen LogP contribution is -2.21. The highest BCUT2D eigenvalue weighted by molar-refractivity contribution is 7.84. The molecule has 0 saturated carbocycles. The molecule has 1 heterocycles. The Bertz CT molecular complexity index is 408.